The van der Waals surface area contributed by atoms with Crippen LogP contribution in [0.3, 0.4) is 0 Å². The molecule has 0 N–H and O–H groups in total. The smallest absolute Gasteiger partial charge is 0.119 e. The Bertz CT molecular complexity index is 337. The van der Waals surface area contributed by atoms with Crippen molar-refractivity contribution in [2.45, 2.75) is 138 Å². The highest BCUT2D eigenvalue weighted by Crippen LogP contribution is 2.41. The van der Waals surface area contributed by atoms with Crippen LogP contribution < -0.4 is 0 Å². The summed E-state index contributed by atoms with van der Waals surface area (Å²) >= 11 is 0. The Balaban J connectivity index is 1.60. The number of hydrogen-bond acceptors (Lipinski definition) is 1. The molecule has 0 saturated heterocycles. The second-order valence-corrected chi connectivity index (χ2v) is 12.4. The molecule has 0 atom stereocenters. The van der Waals surface area contributed by atoms with E-state index in [9.17, 15) is 0 Å². The van der Waals surface area contributed by atoms with Gasteiger partial charge in [-0.3, -0.25) is 0 Å². The Kier molecular flexibility index (Phi) is 7.00. The number of rotatable bonds is 4. The fourth-order valence-corrected chi connectivity index (χ4v) is 9.62. The molecule has 1 nitrogen and oxygen atoms in total. The van der Waals surface area contributed by atoms with Crippen LogP contribution in [0, 0.1) is 0 Å². The zero-order valence-corrected chi connectivity index (χ0v) is 17.3. The molecule has 0 aliphatic heterocycles. The third-order valence-corrected chi connectivity index (χ3v) is 10.1. The summed E-state index contributed by atoms with van der Waals surface area (Å²) in [6, 6.07) is 0. The zero-order valence-electron chi connectivity index (χ0n) is 16.5. The number of ether oxygens (including phenoxy) is 1. The van der Waals surface area contributed by atoms with E-state index in [0.29, 0.717) is 6.10 Å². The van der Waals surface area contributed by atoms with E-state index in [0.717, 1.165) is 26.6 Å². The van der Waals surface area contributed by atoms with Crippen LogP contribution in [0.15, 0.2) is 0 Å². The summed E-state index contributed by atoms with van der Waals surface area (Å²) in [4.78, 5) is 0. The molecule has 2 heteroatoms. The summed E-state index contributed by atoms with van der Waals surface area (Å²) in [5.41, 5.74) is 0.0337. The van der Waals surface area contributed by atoms with Crippen LogP contribution in [0.4, 0.5) is 0 Å². The minimum atomic E-state index is 0.0337. The molecule has 3 aliphatic carbocycles. The van der Waals surface area contributed by atoms with Crippen molar-refractivity contribution >= 4 is 10.9 Å². The standard InChI is InChI=1S/C22H41OS/c1-22(2,3)23-18-14-16-21(17-15-18)24(19-10-6-4-7-11-19)20-12-8-5-9-13-20/h18-21H,4-17H2,1-3H3/q+1. The molecular weight excluding hydrogens is 312 g/mol. The predicted molar refractivity (Wildman–Crippen MR) is 108 cm³/mol. The average molecular weight is 354 g/mol. The molecule has 3 rings (SSSR count). The van der Waals surface area contributed by atoms with Gasteiger partial charge in [-0.15, -0.1) is 0 Å². The lowest BCUT2D eigenvalue weighted by atomic mass is 9.96. The van der Waals surface area contributed by atoms with Crippen LogP contribution in [-0.4, -0.2) is 27.5 Å². The largest absolute Gasteiger partial charge is 0.373 e. The molecule has 0 aromatic carbocycles. The first kappa shape index (κ1) is 19.1. The van der Waals surface area contributed by atoms with Gasteiger partial charge in [-0.1, -0.05) is 12.8 Å². The van der Waals surface area contributed by atoms with Crippen LogP contribution in [0.5, 0.6) is 0 Å². The van der Waals surface area contributed by atoms with Crippen molar-refractivity contribution in [2.24, 2.45) is 0 Å². The van der Waals surface area contributed by atoms with Crippen LogP contribution >= 0.6 is 0 Å². The van der Waals surface area contributed by atoms with Gasteiger partial charge in [0, 0.05) is 0 Å². The molecule has 0 amide bonds. The van der Waals surface area contributed by atoms with E-state index in [2.05, 4.69) is 20.8 Å². The predicted octanol–water partition coefficient (Wildman–Crippen LogP) is 6.40. The van der Waals surface area contributed by atoms with Crippen molar-refractivity contribution in [3.05, 3.63) is 0 Å². The van der Waals surface area contributed by atoms with E-state index in [-0.39, 0.29) is 5.60 Å². The second-order valence-electron chi connectivity index (χ2n) is 9.56. The molecule has 0 radical (unpaired) electrons. The third-order valence-electron chi connectivity index (χ3n) is 6.40. The molecule has 0 bridgehead atoms. The first-order chi connectivity index (χ1) is 11.5. The molecule has 0 spiro atoms. The highest BCUT2D eigenvalue weighted by atomic mass is 32.2. The van der Waals surface area contributed by atoms with Crippen LogP contribution in [0.25, 0.3) is 0 Å². The Morgan fingerprint density at radius 1 is 0.583 bits per heavy atom. The molecular formula is C22H41OS+. The van der Waals surface area contributed by atoms with Crippen molar-refractivity contribution in [1.29, 1.82) is 0 Å². The second kappa shape index (κ2) is 8.80. The summed E-state index contributed by atoms with van der Waals surface area (Å²) in [7, 11) is 0.723. The van der Waals surface area contributed by atoms with Crippen LogP contribution in [0.2, 0.25) is 0 Å². The summed E-state index contributed by atoms with van der Waals surface area (Å²) in [5.74, 6) is 0. The lowest BCUT2D eigenvalue weighted by molar-refractivity contribution is -0.0728. The molecule has 0 aromatic heterocycles. The van der Waals surface area contributed by atoms with Crippen LogP contribution in [-0.2, 0) is 15.6 Å². The highest BCUT2D eigenvalue weighted by molar-refractivity contribution is 7.98. The Labute approximate surface area is 154 Å². The molecule has 3 saturated carbocycles. The van der Waals surface area contributed by atoms with Gasteiger partial charge in [0.05, 0.1) is 11.7 Å². The van der Waals surface area contributed by atoms with Crippen molar-refractivity contribution in [3.8, 4) is 0 Å². The molecule has 0 heterocycles. The molecule has 3 fully saturated rings. The molecule has 0 aromatic rings. The monoisotopic (exact) mass is 353 g/mol. The van der Waals surface area contributed by atoms with Gasteiger partial charge in [-0.05, 0) is 109 Å². The van der Waals surface area contributed by atoms with Gasteiger partial charge in [0.15, 0.2) is 0 Å². The number of hydrogen-bond donors (Lipinski definition) is 0. The van der Waals surface area contributed by atoms with E-state index in [4.69, 9.17) is 4.74 Å². The Morgan fingerprint density at radius 2 is 1.00 bits per heavy atom. The SMILES string of the molecule is CC(C)(C)OC1CCC([S+](C2CCCCC2)C2CCCCC2)CC1. The minimum Gasteiger partial charge on any atom is -0.373 e. The lowest BCUT2D eigenvalue weighted by Gasteiger charge is -2.38. The Morgan fingerprint density at radius 3 is 1.42 bits per heavy atom. The van der Waals surface area contributed by atoms with Crippen molar-refractivity contribution in [3.63, 3.8) is 0 Å². The fraction of sp³-hybridized carbons (Fsp3) is 1.00. The maximum absolute atomic E-state index is 6.30. The average Bonchev–Trinajstić information content (AvgIpc) is 2.57. The molecule has 3 aliphatic rings. The van der Waals surface area contributed by atoms with E-state index >= 15 is 0 Å². The Hall–Kier alpha value is 0.310. The fourth-order valence-electron chi connectivity index (χ4n) is 5.41. The molecule has 24 heavy (non-hydrogen) atoms. The van der Waals surface area contributed by atoms with Crippen LogP contribution in [0.1, 0.15) is 111 Å². The van der Waals surface area contributed by atoms with Gasteiger partial charge in [0.1, 0.15) is 15.7 Å². The minimum absolute atomic E-state index is 0.0337. The van der Waals surface area contributed by atoms with Gasteiger partial charge >= 0.3 is 0 Å². The quantitative estimate of drug-likeness (QED) is 0.532. The lowest BCUT2D eigenvalue weighted by Crippen LogP contribution is -2.45. The first-order valence-electron chi connectivity index (χ1n) is 10.9. The summed E-state index contributed by atoms with van der Waals surface area (Å²) < 4.78 is 6.30. The molecule has 140 valence electrons. The topological polar surface area (TPSA) is 9.23 Å². The maximum Gasteiger partial charge on any atom is 0.119 e. The van der Waals surface area contributed by atoms with Gasteiger partial charge in [0.2, 0.25) is 0 Å². The van der Waals surface area contributed by atoms with E-state index in [1.165, 1.54) is 64.2 Å². The van der Waals surface area contributed by atoms with Gasteiger partial charge in [0.25, 0.3) is 0 Å². The van der Waals surface area contributed by atoms with Crippen molar-refractivity contribution < 1.29 is 4.74 Å². The van der Waals surface area contributed by atoms with Gasteiger partial charge < -0.3 is 4.74 Å². The van der Waals surface area contributed by atoms with Gasteiger partial charge in [-0.2, -0.15) is 0 Å². The summed E-state index contributed by atoms with van der Waals surface area (Å²) in [6.45, 7) is 6.65. The normalized spacial score (nSPS) is 31.5. The van der Waals surface area contributed by atoms with E-state index in [1.807, 2.05) is 0 Å². The first-order valence-corrected chi connectivity index (χ1v) is 12.3. The van der Waals surface area contributed by atoms with Gasteiger partial charge in [-0.25, -0.2) is 0 Å². The van der Waals surface area contributed by atoms with E-state index in [1.54, 1.807) is 25.7 Å². The third kappa shape index (κ3) is 5.40. The summed E-state index contributed by atoms with van der Waals surface area (Å²) in [6.07, 6.45) is 21.4. The van der Waals surface area contributed by atoms with Crippen molar-refractivity contribution in [1.82, 2.24) is 0 Å². The van der Waals surface area contributed by atoms with E-state index < -0.39 is 0 Å². The highest BCUT2D eigenvalue weighted by Gasteiger charge is 2.46. The van der Waals surface area contributed by atoms with Crippen molar-refractivity contribution in [2.75, 3.05) is 0 Å². The maximum atomic E-state index is 6.30. The molecule has 0 unspecified atom stereocenters. The zero-order chi connectivity index (χ0) is 17.0. The summed E-state index contributed by atoms with van der Waals surface area (Å²) in [5, 5.41) is 3.22.